The molecule has 74 valence electrons. The Labute approximate surface area is 86.9 Å². The zero-order valence-corrected chi connectivity index (χ0v) is 8.76. The van der Waals surface area contributed by atoms with Crippen LogP contribution in [-0.2, 0) is 21.7 Å². The van der Waals surface area contributed by atoms with E-state index < -0.39 is 5.79 Å². The third kappa shape index (κ3) is 1.67. The largest absolute Gasteiger partial charge is 0.343 e. The van der Waals surface area contributed by atoms with Crippen LogP contribution < -0.4 is 0 Å². The lowest BCUT2D eigenvalue weighted by Crippen LogP contribution is -2.20. The number of ether oxygens (including phenoxy) is 2. The molecule has 0 spiro atoms. The zero-order chi connectivity index (χ0) is 10.0. The van der Waals surface area contributed by atoms with Crippen LogP contribution in [0.4, 0.5) is 0 Å². The molecule has 4 heteroatoms. The van der Waals surface area contributed by atoms with Gasteiger partial charge in [-0.15, -0.1) is 11.3 Å². The van der Waals surface area contributed by atoms with Crippen molar-refractivity contribution in [1.82, 2.24) is 0 Å². The Morgan fingerprint density at radius 2 is 2.21 bits per heavy atom. The van der Waals surface area contributed by atoms with E-state index in [1.54, 1.807) is 11.3 Å². The maximum Gasteiger partial charge on any atom is 0.201 e. The second-order valence-corrected chi connectivity index (χ2v) is 4.41. The molecule has 0 unspecified atom stereocenters. The summed E-state index contributed by atoms with van der Waals surface area (Å²) in [6.07, 6.45) is 0.459. The summed E-state index contributed by atoms with van der Waals surface area (Å²) in [7, 11) is 0. The Balaban J connectivity index is 2.20. The van der Waals surface area contributed by atoms with E-state index in [0.29, 0.717) is 19.6 Å². The first-order valence-electron chi connectivity index (χ1n) is 4.49. The SMILES string of the molecule is CC1(c2ccc(CC#N)s2)OCCO1. The van der Waals surface area contributed by atoms with Crippen LogP contribution >= 0.6 is 11.3 Å². The Bertz CT molecular complexity index is 360. The Morgan fingerprint density at radius 3 is 2.86 bits per heavy atom. The van der Waals surface area contributed by atoms with Crippen molar-refractivity contribution in [3.8, 4) is 6.07 Å². The van der Waals surface area contributed by atoms with Crippen molar-refractivity contribution in [1.29, 1.82) is 5.26 Å². The van der Waals surface area contributed by atoms with Crippen LogP contribution in [0.2, 0.25) is 0 Å². The molecular formula is C10H11NO2S. The Hall–Kier alpha value is -0.890. The van der Waals surface area contributed by atoms with E-state index in [4.69, 9.17) is 14.7 Å². The molecular weight excluding hydrogens is 198 g/mol. The standard InChI is InChI=1S/C10H11NO2S/c1-10(12-6-7-13-10)9-3-2-8(14-9)4-5-11/h2-3H,4,6-7H2,1H3. The summed E-state index contributed by atoms with van der Waals surface area (Å²) in [6.45, 7) is 3.20. The smallest absolute Gasteiger partial charge is 0.201 e. The molecule has 0 amide bonds. The highest BCUT2D eigenvalue weighted by atomic mass is 32.1. The number of hydrogen-bond acceptors (Lipinski definition) is 4. The second kappa shape index (κ2) is 3.70. The molecule has 0 saturated carbocycles. The predicted octanol–water partition coefficient (Wildman–Crippen LogP) is 2.03. The average Bonchev–Trinajstić information content (AvgIpc) is 2.75. The predicted molar refractivity (Wildman–Crippen MR) is 52.9 cm³/mol. The number of hydrogen-bond donors (Lipinski definition) is 0. The van der Waals surface area contributed by atoms with Crippen molar-refractivity contribution < 1.29 is 9.47 Å². The molecule has 1 aromatic rings. The summed E-state index contributed by atoms with van der Waals surface area (Å²) >= 11 is 1.58. The summed E-state index contributed by atoms with van der Waals surface area (Å²) in [6, 6.07) is 6.06. The lowest BCUT2D eigenvalue weighted by atomic mass is 10.2. The molecule has 0 aromatic carbocycles. The first-order valence-corrected chi connectivity index (χ1v) is 5.30. The molecule has 0 N–H and O–H groups in total. The fourth-order valence-electron chi connectivity index (χ4n) is 1.45. The molecule has 1 fully saturated rings. The number of rotatable bonds is 2. The van der Waals surface area contributed by atoms with Crippen molar-refractivity contribution in [3.63, 3.8) is 0 Å². The maximum atomic E-state index is 8.55. The molecule has 1 aromatic heterocycles. The van der Waals surface area contributed by atoms with Gasteiger partial charge in [-0.2, -0.15) is 5.26 Å². The van der Waals surface area contributed by atoms with E-state index in [2.05, 4.69) is 6.07 Å². The first kappa shape index (κ1) is 9.66. The van der Waals surface area contributed by atoms with Crippen LogP contribution in [0.25, 0.3) is 0 Å². The monoisotopic (exact) mass is 209 g/mol. The molecule has 14 heavy (non-hydrogen) atoms. The first-order chi connectivity index (χ1) is 6.74. The van der Waals surface area contributed by atoms with Gasteiger partial charge in [-0.05, 0) is 19.1 Å². The van der Waals surface area contributed by atoms with Crippen LogP contribution in [-0.4, -0.2) is 13.2 Å². The fourth-order valence-corrected chi connectivity index (χ4v) is 2.45. The van der Waals surface area contributed by atoms with E-state index in [1.165, 1.54) is 0 Å². The summed E-state index contributed by atoms with van der Waals surface area (Å²) in [4.78, 5) is 2.10. The summed E-state index contributed by atoms with van der Waals surface area (Å²) < 4.78 is 11.0. The maximum absolute atomic E-state index is 8.55. The van der Waals surface area contributed by atoms with Gasteiger partial charge >= 0.3 is 0 Å². The van der Waals surface area contributed by atoms with E-state index in [0.717, 1.165) is 9.75 Å². The van der Waals surface area contributed by atoms with Crippen molar-refractivity contribution in [3.05, 3.63) is 21.9 Å². The molecule has 2 heterocycles. The summed E-state index contributed by atoms with van der Waals surface area (Å²) in [5.41, 5.74) is 0. The number of thiophene rings is 1. The fraction of sp³-hybridized carbons (Fsp3) is 0.500. The lowest BCUT2D eigenvalue weighted by molar-refractivity contribution is -0.146. The molecule has 1 aliphatic heterocycles. The zero-order valence-electron chi connectivity index (χ0n) is 7.95. The molecule has 1 aliphatic rings. The van der Waals surface area contributed by atoms with Crippen LogP contribution in [0.3, 0.4) is 0 Å². The van der Waals surface area contributed by atoms with Gasteiger partial charge in [0.25, 0.3) is 0 Å². The molecule has 0 bridgehead atoms. The highest BCUT2D eigenvalue weighted by Gasteiger charge is 2.34. The minimum Gasteiger partial charge on any atom is -0.343 e. The highest BCUT2D eigenvalue weighted by Crippen LogP contribution is 2.35. The van der Waals surface area contributed by atoms with Gasteiger partial charge < -0.3 is 9.47 Å². The summed E-state index contributed by atoms with van der Waals surface area (Å²) in [5, 5.41) is 8.55. The van der Waals surface area contributed by atoms with Gasteiger partial charge in [0.15, 0.2) is 0 Å². The van der Waals surface area contributed by atoms with Crippen molar-refractivity contribution >= 4 is 11.3 Å². The van der Waals surface area contributed by atoms with Gasteiger partial charge in [-0.25, -0.2) is 0 Å². The van der Waals surface area contributed by atoms with Gasteiger partial charge in [0.2, 0.25) is 5.79 Å². The number of nitriles is 1. The van der Waals surface area contributed by atoms with Crippen molar-refractivity contribution in [2.24, 2.45) is 0 Å². The third-order valence-electron chi connectivity index (χ3n) is 2.20. The van der Waals surface area contributed by atoms with E-state index in [-0.39, 0.29) is 0 Å². The van der Waals surface area contributed by atoms with Crippen LogP contribution in [0.15, 0.2) is 12.1 Å². The van der Waals surface area contributed by atoms with Crippen LogP contribution in [0, 0.1) is 11.3 Å². The van der Waals surface area contributed by atoms with Gasteiger partial charge in [-0.3, -0.25) is 0 Å². The van der Waals surface area contributed by atoms with Gasteiger partial charge in [0.05, 0.1) is 30.6 Å². The van der Waals surface area contributed by atoms with E-state index >= 15 is 0 Å². The minimum atomic E-state index is -0.585. The Morgan fingerprint density at radius 1 is 1.50 bits per heavy atom. The molecule has 0 atom stereocenters. The molecule has 0 radical (unpaired) electrons. The van der Waals surface area contributed by atoms with Gasteiger partial charge in [-0.1, -0.05) is 0 Å². The minimum absolute atomic E-state index is 0.459. The Kier molecular flexibility index (Phi) is 2.55. The number of nitrogens with zero attached hydrogens (tertiary/aromatic N) is 1. The topological polar surface area (TPSA) is 42.2 Å². The normalized spacial score (nSPS) is 19.4. The van der Waals surface area contributed by atoms with Gasteiger partial charge in [0, 0.05) is 4.88 Å². The molecule has 3 nitrogen and oxygen atoms in total. The third-order valence-corrected chi connectivity index (χ3v) is 3.47. The van der Waals surface area contributed by atoms with Crippen LogP contribution in [0.5, 0.6) is 0 Å². The van der Waals surface area contributed by atoms with Gasteiger partial charge in [0.1, 0.15) is 0 Å². The van der Waals surface area contributed by atoms with Crippen molar-refractivity contribution in [2.75, 3.05) is 13.2 Å². The molecule has 0 aliphatic carbocycles. The second-order valence-electron chi connectivity index (χ2n) is 3.24. The van der Waals surface area contributed by atoms with E-state index in [9.17, 15) is 0 Å². The highest BCUT2D eigenvalue weighted by molar-refractivity contribution is 7.12. The van der Waals surface area contributed by atoms with E-state index in [1.807, 2.05) is 19.1 Å². The lowest BCUT2D eigenvalue weighted by Gasteiger charge is -2.20. The van der Waals surface area contributed by atoms with Crippen LogP contribution in [0.1, 0.15) is 16.7 Å². The quantitative estimate of drug-likeness (QED) is 0.748. The summed E-state index contributed by atoms with van der Waals surface area (Å²) in [5.74, 6) is -0.585. The van der Waals surface area contributed by atoms with Crippen molar-refractivity contribution in [2.45, 2.75) is 19.1 Å². The molecule has 1 saturated heterocycles. The average molecular weight is 209 g/mol. The molecule has 2 rings (SSSR count).